The van der Waals surface area contributed by atoms with Crippen LogP contribution in [0.25, 0.3) is 0 Å². The van der Waals surface area contributed by atoms with Gasteiger partial charge in [0, 0.05) is 12.3 Å². The highest BCUT2D eigenvalue weighted by molar-refractivity contribution is 7.92. The summed E-state index contributed by atoms with van der Waals surface area (Å²) in [6.45, 7) is 1.58. The molecule has 2 heterocycles. The number of nitrogens with two attached hydrogens (primary N) is 1. The van der Waals surface area contributed by atoms with E-state index in [1.807, 2.05) is 0 Å². The molecular weight excluding hydrogens is 246 g/mol. The van der Waals surface area contributed by atoms with Gasteiger partial charge in [-0.1, -0.05) is 5.16 Å². The standard InChI is InChI=1S/C8H9N5O3S/c1-5-11-8(16-12-5)13-17(14,15)6-2-3-10-7(9)4-6/h2-4H,1H3,(H2,9,10)(H,11,12,13). The number of nitrogen functional groups attached to an aromatic ring is 1. The fraction of sp³-hybridized carbons (Fsp3) is 0.125. The highest BCUT2D eigenvalue weighted by Gasteiger charge is 2.17. The number of pyridine rings is 1. The highest BCUT2D eigenvalue weighted by atomic mass is 32.2. The summed E-state index contributed by atoms with van der Waals surface area (Å²) in [5.74, 6) is 0.437. The van der Waals surface area contributed by atoms with E-state index in [1.54, 1.807) is 6.92 Å². The first-order valence-corrected chi connectivity index (χ1v) is 6.00. The molecule has 9 heteroatoms. The largest absolute Gasteiger partial charge is 0.384 e. The van der Waals surface area contributed by atoms with Crippen molar-refractivity contribution < 1.29 is 12.9 Å². The number of aryl methyl sites for hydroxylation is 1. The molecule has 0 atom stereocenters. The molecule has 0 radical (unpaired) electrons. The van der Waals surface area contributed by atoms with E-state index in [9.17, 15) is 8.42 Å². The molecule has 0 fully saturated rings. The van der Waals surface area contributed by atoms with Crippen LogP contribution in [-0.2, 0) is 10.0 Å². The SMILES string of the molecule is Cc1noc(NS(=O)(=O)c2ccnc(N)c2)n1. The van der Waals surface area contributed by atoms with E-state index in [0.29, 0.717) is 5.82 Å². The minimum atomic E-state index is -3.79. The molecule has 0 saturated heterocycles. The summed E-state index contributed by atoms with van der Waals surface area (Å²) in [4.78, 5) is 7.40. The molecule has 0 aliphatic rings. The molecule has 2 aromatic rings. The van der Waals surface area contributed by atoms with Gasteiger partial charge in [-0.15, -0.1) is 0 Å². The van der Waals surface area contributed by atoms with E-state index in [4.69, 9.17) is 5.73 Å². The van der Waals surface area contributed by atoms with Crippen molar-refractivity contribution in [1.29, 1.82) is 0 Å². The van der Waals surface area contributed by atoms with Gasteiger partial charge in [0.2, 0.25) is 0 Å². The Balaban J connectivity index is 2.31. The Morgan fingerprint density at radius 1 is 1.47 bits per heavy atom. The molecule has 0 aliphatic carbocycles. The maximum Gasteiger partial charge on any atom is 0.335 e. The summed E-state index contributed by atoms with van der Waals surface area (Å²) >= 11 is 0. The van der Waals surface area contributed by atoms with Crippen molar-refractivity contribution in [2.75, 3.05) is 10.5 Å². The Kier molecular flexibility index (Phi) is 2.68. The van der Waals surface area contributed by atoms with Gasteiger partial charge in [-0.05, 0) is 13.0 Å². The van der Waals surface area contributed by atoms with Crippen molar-refractivity contribution in [2.45, 2.75) is 11.8 Å². The summed E-state index contributed by atoms with van der Waals surface area (Å²) in [5, 5.41) is 3.46. The molecule has 2 aromatic heterocycles. The van der Waals surface area contributed by atoms with Gasteiger partial charge in [-0.25, -0.2) is 18.1 Å². The molecule has 90 valence electrons. The molecule has 2 rings (SSSR count). The number of sulfonamides is 1. The fourth-order valence-corrected chi connectivity index (χ4v) is 2.05. The van der Waals surface area contributed by atoms with Crippen LogP contribution in [0.15, 0.2) is 27.7 Å². The van der Waals surface area contributed by atoms with Crippen molar-refractivity contribution in [3.8, 4) is 0 Å². The molecule has 0 aromatic carbocycles. The van der Waals surface area contributed by atoms with Crippen LogP contribution in [0.5, 0.6) is 0 Å². The van der Waals surface area contributed by atoms with Crippen molar-refractivity contribution in [1.82, 2.24) is 15.1 Å². The van der Waals surface area contributed by atoms with Gasteiger partial charge in [-0.2, -0.15) is 4.98 Å². The lowest BCUT2D eigenvalue weighted by atomic mass is 10.5. The maximum atomic E-state index is 11.8. The second-order valence-electron chi connectivity index (χ2n) is 3.17. The molecule has 0 unspecified atom stereocenters. The van der Waals surface area contributed by atoms with Crippen LogP contribution in [0.1, 0.15) is 5.82 Å². The lowest BCUT2D eigenvalue weighted by molar-refractivity contribution is 0.429. The summed E-state index contributed by atoms with van der Waals surface area (Å²) in [6, 6.07) is 2.34. The Hall–Kier alpha value is -2.16. The van der Waals surface area contributed by atoms with Gasteiger partial charge >= 0.3 is 6.01 Å². The van der Waals surface area contributed by atoms with Gasteiger partial charge in [0.15, 0.2) is 5.82 Å². The predicted octanol–water partition coefficient (Wildman–Crippen LogP) is 0.156. The molecule has 0 saturated carbocycles. The van der Waals surface area contributed by atoms with E-state index in [-0.39, 0.29) is 16.7 Å². The number of nitrogens with zero attached hydrogens (tertiary/aromatic N) is 3. The number of hydrogen-bond acceptors (Lipinski definition) is 7. The van der Waals surface area contributed by atoms with Crippen LogP contribution in [0.3, 0.4) is 0 Å². The smallest absolute Gasteiger partial charge is 0.335 e. The first-order valence-electron chi connectivity index (χ1n) is 4.52. The normalized spacial score (nSPS) is 11.4. The first kappa shape index (κ1) is 11.3. The number of nitrogens with one attached hydrogen (secondary N) is 1. The van der Waals surface area contributed by atoms with Crippen molar-refractivity contribution in [2.24, 2.45) is 0 Å². The number of hydrogen-bond donors (Lipinski definition) is 2. The third kappa shape index (κ3) is 2.50. The fourth-order valence-electron chi connectivity index (χ4n) is 1.11. The summed E-state index contributed by atoms with van der Waals surface area (Å²) in [7, 11) is -3.79. The van der Waals surface area contributed by atoms with Gasteiger partial charge in [0.05, 0.1) is 4.90 Å². The molecule has 0 aliphatic heterocycles. The lowest BCUT2D eigenvalue weighted by Gasteiger charge is -2.03. The minimum absolute atomic E-state index is 0.0270. The van der Waals surface area contributed by atoms with Crippen LogP contribution in [-0.4, -0.2) is 23.5 Å². The molecule has 0 amide bonds. The van der Waals surface area contributed by atoms with Crippen molar-refractivity contribution >= 4 is 21.9 Å². The lowest BCUT2D eigenvalue weighted by Crippen LogP contribution is -2.13. The van der Waals surface area contributed by atoms with Crippen LogP contribution in [0.2, 0.25) is 0 Å². The van der Waals surface area contributed by atoms with Gasteiger partial charge in [0.1, 0.15) is 5.82 Å². The monoisotopic (exact) mass is 255 g/mol. The number of rotatable bonds is 3. The molecule has 0 bridgehead atoms. The molecular formula is C8H9N5O3S. The van der Waals surface area contributed by atoms with E-state index in [1.165, 1.54) is 18.3 Å². The van der Waals surface area contributed by atoms with Crippen LogP contribution in [0.4, 0.5) is 11.8 Å². The van der Waals surface area contributed by atoms with E-state index < -0.39 is 10.0 Å². The number of aromatic nitrogens is 3. The topological polar surface area (TPSA) is 124 Å². The number of anilines is 2. The Morgan fingerprint density at radius 3 is 2.82 bits per heavy atom. The average molecular weight is 255 g/mol. The molecule has 17 heavy (non-hydrogen) atoms. The van der Waals surface area contributed by atoms with E-state index in [0.717, 1.165) is 0 Å². The third-order valence-electron chi connectivity index (χ3n) is 1.81. The van der Waals surface area contributed by atoms with Crippen LogP contribution in [0, 0.1) is 6.92 Å². The second-order valence-corrected chi connectivity index (χ2v) is 4.85. The van der Waals surface area contributed by atoms with Crippen LogP contribution >= 0.6 is 0 Å². The van der Waals surface area contributed by atoms with Gasteiger partial charge in [-0.3, -0.25) is 0 Å². The highest BCUT2D eigenvalue weighted by Crippen LogP contribution is 2.15. The molecule has 0 spiro atoms. The van der Waals surface area contributed by atoms with E-state index in [2.05, 4.69) is 24.4 Å². The van der Waals surface area contributed by atoms with Gasteiger partial charge in [0.25, 0.3) is 10.0 Å². The van der Waals surface area contributed by atoms with Crippen LogP contribution < -0.4 is 10.5 Å². The van der Waals surface area contributed by atoms with E-state index >= 15 is 0 Å². The van der Waals surface area contributed by atoms with Gasteiger partial charge < -0.3 is 10.3 Å². The quantitative estimate of drug-likeness (QED) is 0.800. The average Bonchev–Trinajstić information content (AvgIpc) is 2.63. The zero-order valence-electron chi connectivity index (χ0n) is 8.78. The Bertz CT molecular complexity index is 636. The zero-order chi connectivity index (χ0) is 12.5. The zero-order valence-corrected chi connectivity index (χ0v) is 9.60. The summed E-state index contributed by atoms with van der Waals surface area (Å²) < 4.78 is 30.5. The summed E-state index contributed by atoms with van der Waals surface area (Å²) in [6.07, 6.45) is 1.29. The first-order chi connectivity index (χ1) is 7.97. The minimum Gasteiger partial charge on any atom is -0.384 e. The Morgan fingerprint density at radius 2 is 2.24 bits per heavy atom. The second kappa shape index (κ2) is 4.01. The molecule has 3 N–H and O–H groups in total. The maximum absolute atomic E-state index is 11.8. The van der Waals surface area contributed by atoms with Crippen molar-refractivity contribution in [3.63, 3.8) is 0 Å². The third-order valence-corrected chi connectivity index (χ3v) is 3.13. The Labute approximate surface area is 96.9 Å². The van der Waals surface area contributed by atoms with Crippen molar-refractivity contribution in [3.05, 3.63) is 24.2 Å². The molecule has 8 nitrogen and oxygen atoms in total. The predicted molar refractivity (Wildman–Crippen MR) is 58.5 cm³/mol. The summed E-state index contributed by atoms with van der Waals surface area (Å²) in [5.41, 5.74) is 5.40.